The van der Waals surface area contributed by atoms with E-state index in [1.807, 2.05) is 29.4 Å². The number of hydrogen-bond donors (Lipinski definition) is 1. The summed E-state index contributed by atoms with van der Waals surface area (Å²) >= 11 is 0.464. The van der Waals surface area contributed by atoms with E-state index < -0.39 is 18.0 Å². The van der Waals surface area contributed by atoms with Gasteiger partial charge in [0.15, 0.2) is 0 Å². The van der Waals surface area contributed by atoms with Gasteiger partial charge < -0.3 is 19.3 Å². The molecule has 5 heterocycles. The Hall–Kier alpha value is -2.99. The molecular weight excluding hydrogens is 622 g/mol. The van der Waals surface area contributed by atoms with Crippen molar-refractivity contribution >= 4 is 55.6 Å². The van der Waals surface area contributed by atoms with Crippen molar-refractivity contribution in [2.45, 2.75) is 58.5 Å². The molecule has 46 heavy (non-hydrogen) atoms. The average Bonchev–Trinajstić information content (AvgIpc) is 3.65. The topological polar surface area (TPSA) is 103 Å². The summed E-state index contributed by atoms with van der Waals surface area (Å²) in [7, 11) is 3.84. The molecule has 4 aromatic rings. The number of nitrogens with zero attached hydrogens (tertiary/aromatic N) is 8. The molecule has 246 valence electrons. The lowest BCUT2D eigenvalue weighted by molar-refractivity contribution is 0.135. The van der Waals surface area contributed by atoms with E-state index in [1.54, 1.807) is 6.26 Å². The van der Waals surface area contributed by atoms with Crippen LogP contribution >= 0.6 is 11.3 Å². The Kier molecular flexibility index (Phi) is 10.0. The second kappa shape index (κ2) is 14.0. The van der Waals surface area contributed by atoms with Gasteiger partial charge in [-0.1, -0.05) is 6.07 Å². The van der Waals surface area contributed by atoms with Crippen LogP contribution in [0.1, 0.15) is 41.5 Å². The van der Waals surface area contributed by atoms with Gasteiger partial charge in [-0.05, 0) is 56.0 Å². The smallest absolute Gasteiger partial charge is 0.228 e. The minimum Gasteiger partial charge on any atom is -0.598 e. The highest BCUT2D eigenvalue weighted by Gasteiger charge is 2.27. The van der Waals surface area contributed by atoms with Crippen LogP contribution in [0, 0.1) is 18.3 Å². The van der Waals surface area contributed by atoms with Crippen LogP contribution in [0.15, 0.2) is 24.3 Å². The maximum atomic E-state index is 13.4. The van der Waals surface area contributed by atoms with Gasteiger partial charge in [0.2, 0.25) is 5.95 Å². The van der Waals surface area contributed by atoms with Gasteiger partial charge in [-0.25, -0.2) is 9.37 Å². The number of aryl methyl sites for hydroxylation is 1. The summed E-state index contributed by atoms with van der Waals surface area (Å²) in [4.78, 5) is 17.7. The van der Waals surface area contributed by atoms with Crippen LogP contribution < -0.4 is 10.2 Å². The Morgan fingerprint density at radius 3 is 2.52 bits per heavy atom. The normalized spacial score (nSPS) is 18.7. The van der Waals surface area contributed by atoms with Crippen molar-refractivity contribution in [3.8, 4) is 6.07 Å². The van der Waals surface area contributed by atoms with Gasteiger partial charge in [0, 0.05) is 92.6 Å². The molecule has 0 radical (unpaired) electrons. The zero-order chi connectivity index (χ0) is 32.5. The second-order valence-corrected chi connectivity index (χ2v) is 15.3. The molecule has 13 heteroatoms. The van der Waals surface area contributed by atoms with E-state index >= 15 is 0 Å². The third-order valence-electron chi connectivity index (χ3n) is 9.57. The number of hydrogen-bond acceptors (Lipinski definition) is 10. The van der Waals surface area contributed by atoms with E-state index in [-0.39, 0.29) is 12.1 Å². The summed E-state index contributed by atoms with van der Waals surface area (Å²) in [5.74, 6) is 1.41. The predicted molar refractivity (Wildman–Crippen MR) is 187 cm³/mol. The van der Waals surface area contributed by atoms with E-state index in [0.29, 0.717) is 16.5 Å². The van der Waals surface area contributed by atoms with Gasteiger partial charge in [-0.2, -0.15) is 10.2 Å². The van der Waals surface area contributed by atoms with Gasteiger partial charge in [-0.15, -0.1) is 15.6 Å². The monoisotopic (exact) mass is 665 g/mol. The first-order chi connectivity index (χ1) is 22.1. The highest BCUT2D eigenvalue weighted by molar-refractivity contribution is 7.88. The van der Waals surface area contributed by atoms with Gasteiger partial charge in [0.1, 0.15) is 35.3 Å². The highest BCUT2D eigenvalue weighted by atomic mass is 32.2. The third-order valence-corrected chi connectivity index (χ3v) is 11.7. The van der Waals surface area contributed by atoms with E-state index in [2.05, 4.69) is 62.8 Å². The Bertz CT molecular complexity index is 1720. The molecule has 0 bridgehead atoms. The molecule has 1 unspecified atom stereocenters. The molecule has 2 aliphatic rings. The van der Waals surface area contributed by atoms with Crippen molar-refractivity contribution in [2.24, 2.45) is 0 Å². The SMILES string of the molecule is Cc1c(CN2CCC(Nc3nc(N(C)C)nc4sc(CF)cc34)CC2)ccc2c1cc(C#N)n2C[C@H](C)N1CCN([S+](C)[O-])CC1. The van der Waals surface area contributed by atoms with Crippen molar-refractivity contribution in [3.63, 3.8) is 0 Å². The van der Waals surface area contributed by atoms with Crippen LogP contribution in [0.25, 0.3) is 21.1 Å². The Balaban J connectivity index is 1.11. The Morgan fingerprint density at radius 2 is 1.87 bits per heavy atom. The fourth-order valence-corrected chi connectivity index (χ4v) is 8.32. The standard InChI is InChI=1S/C33H44FN9OS2/c1-22(41-12-14-42(15-13-41)46(5)44)20-43-26(19-35)16-28-23(2)24(6-7-30(28)43)21-40-10-8-25(9-11-40)36-31-29-17-27(18-34)45-32(29)38-33(37-31)39(3)4/h6-7,16-17,22,25H,8-15,18,20-21H2,1-5H3,(H,36,37,38)/t22-,46?/m0/s1. The number of piperazine rings is 1. The summed E-state index contributed by atoms with van der Waals surface area (Å²) in [5.41, 5.74) is 4.34. The second-order valence-electron chi connectivity index (χ2n) is 12.8. The molecule has 0 saturated carbocycles. The molecule has 2 aliphatic heterocycles. The van der Waals surface area contributed by atoms with E-state index in [4.69, 9.17) is 4.98 Å². The lowest BCUT2D eigenvalue weighted by atomic mass is 10.0. The number of rotatable bonds is 10. The number of aromatic nitrogens is 3. The van der Waals surface area contributed by atoms with Crippen LogP contribution in [0.4, 0.5) is 16.2 Å². The first-order valence-electron chi connectivity index (χ1n) is 16.0. The number of halogens is 1. The van der Waals surface area contributed by atoms with Crippen LogP contribution in [0.2, 0.25) is 0 Å². The van der Waals surface area contributed by atoms with Crippen LogP contribution in [0.3, 0.4) is 0 Å². The number of thiophene rings is 1. The van der Waals surface area contributed by atoms with E-state index in [1.165, 1.54) is 22.5 Å². The minimum absolute atomic E-state index is 0.267. The summed E-state index contributed by atoms with van der Waals surface area (Å²) in [6.45, 7) is 10.8. The molecule has 0 spiro atoms. The van der Waals surface area contributed by atoms with Crippen LogP contribution in [-0.4, -0.2) is 105 Å². The lowest BCUT2D eigenvalue weighted by Gasteiger charge is -2.37. The first-order valence-corrected chi connectivity index (χ1v) is 18.3. The zero-order valence-corrected chi connectivity index (χ0v) is 29.1. The summed E-state index contributed by atoms with van der Waals surface area (Å²) < 4.78 is 29.5. The molecule has 2 fully saturated rings. The highest BCUT2D eigenvalue weighted by Crippen LogP contribution is 2.33. The fraction of sp³-hybridized carbons (Fsp3) is 0.545. The first kappa shape index (κ1) is 32.9. The Morgan fingerprint density at radius 1 is 1.13 bits per heavy atom. The maximum Gasteiger partial charge on any atom is 0.228 e. The molecule has 1 aromatic carbocycles. The van der Waals surface area contributed by atoms with Crippen molar-refractivity contribution in [1.29, 1.82) is 5.26 Å². The quantitative estimate of drug-likeness (QED) is 0.241. The van der Waals surface area contributed by atoms with Crippen molar-refractivity contribution < 1.29 is 8.94 Å². The summed E-state index contributed by atoms with van der Waals surface area (Å²) in [6, 6.07) is 11.3. The van der Waals surface area contributed by atoms with E-state index in [0.717, 1.165) is 92.1 Å². The van der Waals surface area contributed by atoms with Crippen LogP contribution in [0.5, 0.6) is 0 Å². The Labute approximate surface area is 278 Å². The van der Waals surface area contributed by atoms with Gasteiger partial charge in [0.25, 0.3) is 0 Å². The molecule has 3 aromatic heterocycles. The number of anilines is 2. The summed E-state index contributed by atoms with van der Waals surface area (Å²) in [6.07, 6.45) is 3.72. The predicted octanol–water partition coefficient (Wildman–Crippen LogP) is 4.74. The van der Waals surface area contributed by atoms with Gasteiger partial charge >= 0.3 is 0 Å². The van der Waals surface area contributed by atoms with E-state index in [9.17, 15) is 14.2 Å². The zero-order valence-electron chi connectivity index (χ0n) is 27.4. The van der Waals surface area contributed by atoms with Gasteiger partial charge in [0.05, 0.1) is 18.5 Å². The molecule has 1 N–H and O–H groups in total. The number of nitrogens with one attached hydrogen (secondary N) is 1. The largest absolute Gasteiger partial charge is 0.598 e. The molecule has 10 nitrogen and oxygen atoms in total. The molecule has 2 saturated heterocycles. The molecular formula is C33H44FN9OS2. The fourth-order valence-electron chi connectivity index (χ4n) is 6.77. The van der Waals surface area contributed by atoms with Crippen molar-refractivity contribution in [2.75, 3.05) is 69.8 Å². The minimum atomic E-state index is -0.925. The molecule has 0 amide bonds. The van der Waals surface area contributed by atoms with Crippen LogP contribution in [-0.2, 0) is 31.1 Å². The molecule has 2 atom stereocenters. The lowest BCUT2D eigenvalue weighted by Crippen LogP contribution is -2.51. The summed E-state index contributed by atoms with van der Waals surface area (Å²) in [5, 5.41) is 15.7. The number of piperidine rings is 1. The van der Waals surface area contributed by atoms with Gasteiger partial charge in [-0.3, -0.25) is 9.80 Å². The number of nitriles is 1. The van der Waals surface area contributed by atoms with Crippen molar-refractivity contribution in [1.82, 2.24) is 28.6 Å². The third kappa shape index (κ3) is 6.83. The molecule has 0 aliphatic carbocycles. The van der Waals surface area contributed by atoms with Crippen molar-refractivity contribution in [3.05, 3.63) is 46.0 Å². The molecule has 6 rings (SSSR count). The maximum absolute atomic E-state index is 13.4. The number of alkyl halides is 1. The average molecular weight is 666 g/mol. The number of fused-ring (bicyclic) bond motifs is 2. The number of likely N-dealkylation sites (tertiary alicyclic amines) is 1. The number of benzene rings is 1.